The van der Waals surface area contributed by atoms with Gasteiger partial charge in [0.2, 0.25) is 0 Å². The lowest BCUT2D eigenvalue weighted by Crippen LogP contribution is -2.25. The largest absolute Gasteiger partial charge is 0.352 e. The molecule has 0 aliphatic rings. The number of rotatable bonds is 5. The maximum atomic E-state index is 11.8. The van der Waals surface area contributed by atoms with Gasteiger partial charge in [-0.2, -0.15) is 5.10 Å². The fourth-order valence-corrected chi connectivity index (χ4v) is 1.91. The van der Waals surface area contributed by atoms with E-state index in [1.807, 2.05) is 16.9 Å². The number of halogens is 2. The zero-order chi connectivity index (χ0) is 13.7. The van der Waals surface area contributed by atoms with Gasteiger partial charge in [0.05, 0.1) is 10.0 Å². The van der Waals surface area contributed by atoms with Crippen molar-refractivity contribution < 1.29 is 4.79 Å². The fourth-order valence-electron chi connectivity index (χ4n) is 1.62. The van der Waals surface area contributed by atoms with Crippen molar-refractivity contribution in [1.29, 1.82) is 0 Å². The highest BCUT2D eigenvalue weighted by atomic mass is 35.5. The van der Waals surface area contributed by atoms with E-state index in [2.05, 4.69) is 10.4 Å². The molecule has 0 radical (unpaired) electrons. The first-order valence-corrected chi connectivity index (χ1v) is 6.63. The molecule has 100 valence electrons. The quantitative estimate of drug-likeness (QED) is 0.863. The smallest absolute Gasteiger partial charge is 0.251 e. The van der Waals surface area contributed by atoms with E-state index in [-0.39, 0.29) is 5.91 Å². The molecule has 19 heavy (non-hydrogen) atoms. The summed E-state index contributed by atoms with van der Waals surface area (Å²) in [5.74, 6) is -0.154. The second-order valence-electron chi connectivity index (χ2n) is 4.01. The number of carbonyl (C=O) groups is 1. The van der Waals surface area contributed by atoms with Crippen molar-refractivity contribution in [2.45, 2.75) is 13.0 Å². The molecule has 0 saturated carbocycles. The van der Waals surface area contributed by atoms with Gasteiger partial charge in [0.25, 0.3) is 5.91 Å². The van der Waals surface area contributed by atoms with E-state index in [1.165, 1.54) is 0 Å². The molecule has 0 aliphatic carbocycles. The molecule has 1 heterocycles. The molecule has 0 saturated heterocycles. The van der Waals surface area contributed by atoms with Crippen molar-refractivity contribution in [3.05, 3.63) is 52.3 Å². The number of nitrogens with zero attached hydrogens (tertiary/aromatic N) is 2. The molecule has 0 atom stereocenters. The number of nitrogens with one attached hydrogen (secondary N) is 1. The Morgan fingerprint density at radius 3 is 2.84 bits per heavy atom. The predicted octanol–water partition coefficient (Wildman–Crippen LogP) is 3.01. The minimum atomic E-state index is -0.154. The Bertz CT molecular complexity index is 555. The van der Waals surface area contributed by atoms with Gasteiger partial charge in [-0.15, -0.1) is 0 Å². The van der Waals surface area contributed by atoms with Crippen molar-refractivity contribution >= 4 is 29.1 Å². The zero-order valence-electron chi connectivity index (χ0n) is 10.1. The van der Waals surface area contributed by atoms with E-state index in [0.717, 1.165) is 13.0 Å². The monoisotopic (exact) mass is 297 g/mol. The van der Waals surface area contributed by atoms with Gasteiger partial charge >= 0.3 is 0 Å². The van der Waals surface area contributed by atoms with Crippen LogP contribution >= 0.6 is 23.2 Å². The maximum absolute atomic E-state index is 11.8. The Balaban J connectivity index is 1.79. The molecule has 1 N–H and O–H groups in total. The fraction of sp³-hybridized carbons (Fsp3) is 0.231. The molecule has 4 nitrogen and oxygen atoms in total. The first kappa shape index (κ1) is 13.9. The molecule has 0 unspecified atom stereocenters. The van der Waals surface area contributed by atoms with Gasteiger partial charge in [-0.1, -0.05) is 23.2 Å². The average Bonchev–Trinajstić information content (AvgIpc) is 2.91. The third kappa shape index (κ3) is 3.98. The number of aryl methyl sites for hydroxylation is 1. The topological polar surface area (TPSA) is 46.9 Å². The number of hydrogen-bond acceptors (Lipinski definition) is 2. The van der Waals surface area contributed by atoms with E-state index in [9.17, 15) is 4.79 Å². The summed E-state index contributed by atoms with van der Waals surface area (Å²) in [5.41, 5.74) is 0.508. The van der Waals surface area contributed by atoms with Gasteiger partial charge < -0.3 is 5.32 Å². The summed E-state index contributed by atoms with van der Waals surface area (Å²) in [6, 6.07) is 6.70. The predicted molar refractivity (Wildman–Crippen MR) is 75.6 cm³/mol. The SMILES string of the molecule is O=C(NCCCn1cccn1)c1ccc(Cl)c(Cl)c1. The van der Waals surface area contributed by atoms with E-state index in [4.69, 9.17) is 23.2 Å². The summed E-state index contributed by atoms with van der Waals surface area (Å²) in [4.78, 5) is 11.8. The first-order valence-electron chi connectivity index (χ1n) is 5.87. The molecular weight excluding hydrogens is 285 g/mol. The van der Waals surface area contributed by atoms with Crippen molar-refractivity contribution in [2.75, 3.05) is 6.54 Å². The summed E-state index contributed by atoms with van der Waals surface area (Å²) in [7, 11) is 0. The summed E-state index contributed by atoms with van der Waals surface area (Å²) in [5, 5.41) is 7.73. The highest BCUT2D eigenvalue weighted by molar-refractivity contribution is 6.42. The van der Waals surface area contributed by atoms with Crippen LogP contribution in [0.2, 0.25) is 10.0 Å². The summed E-state index contributed by atoms with van der Waals surface area (Å²) in [6.07, 6.45) is 4.43. The number of carbonyl (C=O) groups excluding carboxylic acids is 1. The lowest BCUT2D eigenvalue weighted by atomic mass is 10.2. The number of amides is 1. The van der Waals surface area contributed by atoms with Gasteiger partial charge in [-0.3, -0.25) is 9.48 Å². The highest BCUT2D eigenvalue weighted by Crippen LogP contribution is 2.22. The Morgan fingerprint density at radius 2 is 2.16 bits per heavy atom. The first-order chi connectivity index (χ1) is 9.16. The normalized spacial score (nSPS) is 10.4. The van der Waals surface area contributed by atoms with Crippen LogP contribution in [0.4, 0.5) is 0 Å². The molecule has 1 amide bonds. The lowest BCUT2D eigenvalue weighted by Gasteiger charge is -2.06. The molecule has 1 aromatic carbocycles. The second-order valence-corrected chi connectivity index (χ2v) is 4.82. The maximum Gasteiger partial charge on any atom is 0.251 e. The van der Waals surface area contributed by atoms with Crippen molar-refractivity contribution in [3.63, 3.8) is 0 Å². The summed E-state index contributed by atoms with van der Waals surface area (Å²) in [6.45, 7) is 1.35. The van der Waals surface area contributed by atoms with E-state index in [0.29, 0.717) is 22.2 Å². The van der Waals surface area contributed by atoms with Crippen LogP contribution in [0.15, 0.2) is 36.7 Å². The van der Waals surface area contributed by atoms with Crippen molar-refractivity contribution in [1.82, 2.24) is 15.1 Å². The number of benzene rings is 1. The Kier molecular flexibility index (Phi) is 4.82. The Morgan fingerprint density at radius 1 is 1.32 bits per heavy atom. The van der Waals surface area contributed by atoms with Crippen LogP contribution in [0.5, 0.6) is 0 Å². The molecule has 0 spiro atoms. The number of aromatic nitrogens is 2. The van der Waals surface area contributed by atoms with Gasteiger partial charge in [0.15, 0.2) is 0 Å². The van der Waals surface area contributed by atoms with Crippen molar-refractivity contribution in [2.24, 2.45) is 0 Å². The van der Waals surface area contributed by atoms with Crippen LogP contribution < -0.4 is 5.32 Å². The van der Waals surface area contributed by atoms with Crippen molar-refractivity contribution in [3.8, 4) is 0 Å². The van der Waals surface area contributed by atoms with Crippen LogP contribution in [0.25, 0.3) is 0 Å². The lowest BCUT2D eigenvalue weighted by molar-refractivity contribution is 0.0952. The van der Waals surface area contributed by atoms with Crippen LogP contribution in [0.1, 0.15) is 16.8 Å². The molecule has 0 fully saturated rings. The van der Waals surface area contributed by atoms with Gasteiger partial charge in [-0.05, 0) is 30.7 Å². The van der Waals surface area contributed by atoms with Crippen LogP contribution in [0, 0.1) is 0 Å². The number of hydrogen-bond donors (Lipinski definition) is 1. The van der Waals surface area contributed by atoms with E-state index < -0.39 is 0 Å². The second kappa shape index (κ2) is 6.59. The Labute approximate surface area is 121 Å². The zero-order valence-corrected chi connectivity index (χ0v) is 11.7. The minimum Gasteiger partial charge on any atom is -0.352 e. The van der Waals surface area contributed by atoms with E-state index in [1.54, 1.807) is 24.4 Å². The summed E-state index contributed by atoms with van der Waals surface area (Å²) >= 11 is 11.7. The molecule has 1 aromatic heterocycles. The molecular formula is C13H13Cl2N3O. The molecule has 2 rings (SSSR count). The third-order valence-corrected chi connectivity index (χ3v) is 3.33. The van der Waals surface area contributed by atoms with Crippen LogP contribution in [0.3, 0.4) is 0 Å². The van der Waals surface area contributed by atoms with E-state index >= 15 is 0 Å². The van der Waals surface area contributed by atoms with Gasteiger partial charge in [-0.25, -0.2) is 0 Å². The average molecular weight is 298 g/mol. The minimum absolute atomic E-state index is 0.154. The summed E-state index contributed by atoms with van der Waals surface area (Å²) < 4.78 is 1.82. The van der Waals surface area contributed by atoms with Crippen LogP contribution in [-0.2, 0) is 6.54 Å². The van der Waals surface area contributed by atoms with Crippen LogP contribution in [-0.4, -0.2) is 22.2 Å². The molecule has 0 aliphatic heterocycles. The van der Waals surface area contributed by atoms with Gasteiger partial charge in [0, 0.05) is 31.0 Å². The molecule has 6 heteroatoms. The highest BCUT2D eigenvalue weighted by Gasteiger charge is 2.07. The standard InChI is InChI=1S/C13H13Cl2N3O/c14-11-4-3-10(9-12(11)15)13(19)16-5-1-7-18-8-2-6-17-18/h2-4,6,8-9H,1,5,7H2,(H,16,19). The van der Waals surface area contributed by atoms with Gasteiger partial charge in [0.1, 0.15) is 0 Å². The molecule has 2 aromatic rings. The molecule has 0 bridgehead atoms. The Hall–Kier alpha value is -1.52. The third-order valence-electron chi connectivity index (χ3n) is 2.59.